The molecule has 1 N–H and O–H groups in total. The lowest BCUT2D eigenvalue weighted by molar-refractivity contribution is -0.132. The largest absolute Gasteiger partial charge is 0.493 e. The Kier molecular flexibility index (Phi) is 6.13. The molecule has 0 aliphatic heterocycles. The fourth-order valence-electron chi connectivity index (χ4n) is 1.67. The van der Waals surface area contributed by atoms with Crippen molar-refractivity contribution >= 4 is 12.0 Å². The van der Waals surface area contributed by atoms with Crippen LogP contribution >= 0.6 is 0 Å². The van der Waals surface area contributed by atoms with Crippen LogP contribution in [-0.4, -0.2) is 39.5 Å². The van der Waals surface area contributed by atoms with Crippen molar-refractivity contribution in [3.63, 3.8) is 0 Å². The first-order valence-electron chi connectivity index (χ1n) is 6.03. The van der Waals surface area contributed by atoms with Gasteiger partial charge in [-0.15, -0.1) is 0 Å². The minimum atomic E-state index is -1.15. The molecule has 0 radical (unpaired) electrons. The van der Waals surface area contributed by atoms with Crippen LogP contribution in [0.5, 0.6) is 11.5 Å². The van der Waals surface area contributed by atoms with Crippen molar-refractivity contribution in [2.45, 2.75) is 0 Å². The molecule has 0 aliphatic rings. The third-order valence-corrected chi connectivity index (χ3v) is 2.67. The van der Waals surface area contributed by atoms with Gasteiger partial charge in [0.2, 0.25) is 0 Å². The first kappa shape index (κ1) is 16.4. The highest BCUT2D eigenvalue weighted by Gasteiger charge is 2.13. The summed E-state index contributed by atoms with van der Waals surface area (Å²) in [6, 6.07) is 5.24. The van der Waals surface area contributed by atoms with E-state index in [1.807, 2.05) is 0 Å². The average Bonchev–Trinajstić information content (AvgIpc) is 2.50. The predicted molar refractivity (Wildman–Crippen MR) is 77.3 cm³/mol. The van der Waals surface area contributed by atoms with Crippen LogP contribution in [0.3, 0.4) is 0 Å². The SMILES string of the molecule is COC(OC)=C(C=Cc1ccc(OC)c(OC)c1)C(=O)O. The zero-order chi connectivity index (χ0) is 15.8. The van der Waals surface area contributed by atoms with Crippen LogP contribution in [0.2, 0.25) is 0 Å². The summed E-state index contributed by atoms with van der Waals surface area (Å²) in [6.45, 7) is 0. The zero-order valence-corrected chi connectivity index (χ0v) is 12.4. The third kappa shape index (κ3) is 4.17. The smallest absolute Gasteiger partial charge is 0.342 e. The molecule has 0 unspecified atom stereocenters. The standard InChI is InChI=1S/C15H18O6/c1-18-12-8-6-10(9-13(12)19-2)5-7-11(14(16)17)15(20-3)21-4/h5-9H,1-4H3,(H,16,17). The predicted octanol–water partition coefficient (Wildman–Crippen LogP) is 2.31. The van der Waals surface area contributed by atoms with Gasteiger partial charge in [-0.05, 0) is 23.8 Å². The molecule has 6 nitrogen and oxygen atoms in total. The Morgan fingerprint density at radius 3 is 2.14 bits per heavy atom. The number of hydrogen-bond acceptors (Lipinski definition) is 5. The first-order valence-corrected chi connectivity index (χ1v) is 6.03. The summed E-state index contributed by atoms with van der Waals surface area (Å²) in [6.07, 6.45) is 3.01. The van der Waals surface area contributed by atoms with Crippen LogP contribution < -0.4 is 9.47 Å². The van der Waals surface area contributed by atoms with Gasteiger partial charge < -0.3 is 24.1 Å². The molecule has 0 amide bonds. The molecule has 0 saturated carbocycles. The summed E-state index contributed by atoms with van der Waals surface area (Å²) in [7, 11) is 5.75. The summed E-state index contributed by atoms with van der Waals surface area (Å²) in [5.74, 6) is -0.0676. The van der Waals surface area contributed by atoms with E-state index in [2.05, 4.69) is 0 Å². The summed E-state index contributed by atoms with van der Waals surface area (Å²) >= 11 is 0. The number of carbonyl (C=O) groups is 1. The van der Waals surface area contributed by atoms with Gasteiger partial charge in [-0.1, -0.05) is 12.1 Å². The van der Waals surface area contributed by atoms with Gasteiger partial charge in [-0.2, -0.15) is 0 Å². The molecular weight excluding hydrogens is 276 g/mol. The van der Waals surface area contributed by atoms with Gasteiger partial charge in [0.05, 0.1) is 28.4 Å². The number of carboxylic acid groups (broad SMARTS) is 1. The Labute approximate surface area is 123 Å². The minimum absolute atomic E-state index is 0.0702. The summed E-state index contributed by atoms with van der Waals surface area (Å²) in [4.78, 5) is 11.2. The highest BCUT2D eigenvalue weighted by atomic mass is 16.7. The Morgan fingerprint density at radius 1 is 1.05 bits per heavy atom. The third-order valence-electron chi connectivity index (χ3n) is 2.67. The molecule has 1 rings (SSSR count). The molecule has 6 heteroatoms. The Balaban J connectivity index is 3.13. The molecular formula is C15H18O6. The van der Waals surface area contributed by atoms with Crippen LogP contribution in [0.25, 0.3) is 6.08 Å². The van der Waals surface area contributed by atoms with E-state index in [1.165, 1.54) is 27.4 Å². The van der Waals surface area contributed by atoms with Crippen LogP contribution in [0, 0.1) is 0 Å². The van der Waals surface area contributed by atoms with Crippen molar-refractivity contribution < 1.29 is 28.8 Å². The van der Waals surface area contributed by atoms with Crippen molar-refractivity contribution in [1.82, 2.24) is 0 Å². The topological polar surface area (TPSA) is 74.2 Å². The number of benzene rings is 1. The normalized spacial score (nSPS) is 10.1. The van der Waals surface area contributed by atoms with E-state index in [0.29, 0.717) is 11.5 Å². The van der Waals surface area contributed by atoms with E-state index in [4.69, 9.17) is 24.1 Å². The number of methoxy groups -OCH3 is 4. The van der Waals surface area contributed by atoms with Gasteiger partial charge >= 0.3 is 5.97 Å². The number of aliphatic carboxylic acids is 1. The first-order chi connectivity index (χ1) is 10.1. The Bertz CT molecular complexity index is 553. The summed E-state index contributed by atoms with van der Waals surface area (Å²) in [5.41, 5.74) is 0.660. The summed E-state index contributed by atoms with van der Waals surface area (Å²) in [5, 5.41) is 9.15. The number of carboxylic acids is 1. The van der Waals surface area contributed by atoms with E-state index < -0.39 is 5.97 Å². The van der Waals surface area contributed by atoms with Gasteiger partial charge in [0.25, 0.3) is 5.95 Å². The number of rotatable bonds is 7. The van der Waals surface area contributed by atoms with Crippen molar-refractivity contribution in [3.05, 3.63) is 41.4 Å². The molecule has 0 aliphatic carbocycles. The molecule has 0 saturated heterocycles. The van der Waals surface area contributed by atoms with Crippen molar-refractivity contribution in [3.8, 4) is 11.5 Å². The van der Waals surface area contributed by atoms with Gasteiger partial charge in [0, 0.05) is 0 Å². The molecule has 0 heterocycles. The maximum atomic E-state index is 11.2. The maximum Gasteiger partial charge on any atom is 0.342 e. The molecule has 1 aromatic rings. The van der Waals surface area contributed by atoms with E-state index in [-0.39, 0.29) is 11.5 Å². The van der Waals surface area contributed by atoms with E-state index in [1.54, 1.807) is 31.4 Å². The second-order valence-electron chi connectivity index (χ2n) is 3.86. The van der Waals surface area contributed by atoms with Crippen molar-refractivity contribution in [2.75, 3.05) is 28.4 Å². The Hall–Kier alpha value is -2.63. The van der Waals surface area contributed by atoms with E-state index in [9.17, 15) is 4.79 Å². The monoisotopic (exact) mass is 294 g/mol. The molecule has 0 fully saturated rings. The Morgan fingerprint density at radius 2 is 1.67 bits per heavy atom. The number of hydrogen-bond donors (Lipinski definition) is 1. The van der Waals surface area contributed by atoms with Gasteiger partial charge in [0.1, 0.15) is 5.57 Å². The molecule has 21 heavy (non-hydrogen) atoms. The van der Waals surface area contributed by atoms with E-state index in [0.717, 1.165) is 5.56 Å². The van der Waals surface area contributed by atoms with E-state index >= 15 is 0 Å². The fraction of sp³-hybridized carbons (Fsp3) is 0.267. The second-order valence-corrected chi connectivity index (χ2v) is 3.86. The van der Waals surface area contributed by atoms with Crippen LogP contribution in [0.4, 0.5) is 0 Å². The van der Waals surface area contributed by atoms with Gasteiger partial charge in [-0.3, -0.25) is 0 Å². The maximum absolute atomic E-state index is 11.2. The lowest BCUT2D eigenvalue weighted by Gasteiger charge is -2.08. The molecule has 0 aromatic heterocycles. The number of ether oxygens (including phenoxy) is 4. The van der Waals surface area contributed by atoms with Gasteiger partial charge in [-0.25, -0.2) is 4.79 Å². The van der Waals surface area contributed by atoms with Gasteiger partial charge in [0.15, 0.2) is 11.5 Å². The van der Waals surface area contributed by atoms with Crippen LogP contribution in [0.15, 0.2) is 35.8 Å². The van der Waals surface area contributed by atoms with Crippen molar-refractivity contribution in [2.24, 2.45) is 0 Å². The zero-order valence-electron chi connectivity index (χ0n) is 12.4. The molecule has 0 spiro atoms. The minimum Gasteiger partial charge on any atom is -0.493 e. The van der Waals surface area contributed by atoms with Crippen LogP contribution in [0.1, 0.15) is 5.56 Å². The highest BCUT2D eigenvalue weighted by molar-refractivity contribution is 5.91. The second kappa shape index (κ2) is 7.84. The molecule has 0 atom stereocenters. The van der Waals surface area contributed by atoms with Crippen molar-refractivity contribution in [1.29, 1.82) is 0 Å². The lowest BCUT2D eigenvalue weighted by atomic mass is 10.1. The summed E-state index contributed by atoms with van der Waals surface area (Å²) < 4.78 is 20.1. The highest BCUT2D eigenvalue weighted by Crippen LogP contribution is 2.28. The fourth-order valence-corrected chi connectivity index (χ4v) is 1.67. The average molecular weight is 294 g/mol. The molecule has 1 aromatic carbocycles. The quantitative estimate of drug-likeness (QED) is 0.472. The van der Waals surface area contributed by atoms with Crippen LogP contribution in [-0.2, 0) is 14.3 Å². The molecule has 114 valence electrons. The molecule has 0 bridgehead atoms. The lowest BCUT2D eigenvalue weighted by Crippen LogP contribution is -2.05.